The number of methoxy groups -OCH3 is 1. The van der Waals surface area contributed by atoms with Crippen LogP contribution in [0.4, 0.5) is 10.5 Å². The lowest BCUT2D eigenvalue weighted by atomic mass is 10.2. The molecule has 0 saturated heterocycles. The molecule has 0 spiro atoms. The molecule has 2 amide bonds. The number of benzene rings is 1. The van der Waals surface area contributed by atoms with Crippen LogP contribution in [0.1, 0.15) is 6.42 Å². The first kappa shape index (κ1) is 14.3. The molecule has 0 atom stereocenters. The van der Waals surface area contributed by atoms with Crippen LogP contribution in [0.5, 0.6) is 5.75 Å². The molecule has 0 fully saturated rings. The Morgan fingerprint density at radius 2 is 2.00 bits per heavy atom. The zero-order valence-electron chi connectivity index (χ0n) is 11.2. The average Bonchev–Trinajstić information content (AvgIpc) is 2.39. The number of nitrogens with two attached hydrogens (primary N) is 1. The van der Waals surface area contributed by atoms with Crippen molar-refractivity contribution in [3.63, 3.8) is 0 Å². The van der Waals surface area contributed by atoms with Gasteiger partial charge in [0.15, 0.2) is 0 Å². The van der Waals surface area contributed by atoms with E-state index in [1.54, 1.807) is 31.0 Å². The number of rotatable bonds is 5. The minimum absolute atomic E-state index is 0.0760. The highest BCUT2D eigenvalue weighted by molar-refractivity contribution is 5.93. The monoisotopic (exact) mass is 251 g/mol. The fourth-order valence-electron chi connectivity index (χ4n) is 1.66. The molecule has 0 saturated carbocycles. The lowest BCUT2D eigenvalue weighted by molar-refractivity contribution is 0.223. The van der Waals surface area contributed by atoms with E-state index < -0.39 is 0 Å². The summed E-state index contributed by atoms with van der Waals surface area (Å²) in [5.41, 5.74) is 6.29. The third kappa shape index (κ3) is 3.37. The van der Waals surface area contributed by atoms with Gasteiger partial charge >= 0.3 is 6.03 Å². The summed E-state index contributed by atoms with van der Waals surface area (Å²) in [4.78, 5) is 15.4. The van der Waals surface area contributed by atoms with Gasteiger partial charge in [-0.2, -0.15) is 0 Å². The van der Waals surface area contributed by atoms with Crippen LogP contribution in [0, 0.1) is 0 Å². The van der Waals surface area contributed by atoms with E-state index in [4.69, 9.17) is 10.5 Å². The van der Waals surface area contributed by atoms with Gasteiger partial charge in [0.25, 0.3) is 0 Å². The van der Waals surface area contributed by atoms with Gasteiger partial charge in [-0.15, -0.1) is 0 Å². The second-order valence-electron chi connectivity index (χ2n) is 4.14. The minimum Gasteiger partial charge on any atom is -0.495 e. The van der Waals surface area contributed by atoms with Gasteiger partial charge in [0.05, 0.1) is 12.8 Å². The van der Waals surface area contributed by atoms with E-state index in [0.717, 1.165) is 12.1 Å². The summed E-state index contributed by atoms with van der Waals surface area (Å²) in [5, 5.41) is 0. The predicted molar refractivity (Wildman–Crippen MR) is 73.1 cm³/mol. The van der Waals surface area contributed by atoms with Crippen molar-refractivity contribution >= 4 is 11.7 Å². The highest BCUT2D eigenvalue weighted by atomic mass is 16.5. The number of hydrogen-bond acceptors (Lipinski definition) is 3. The number of amides is 2. The van der Waals surface area contributed by atoms with Crippen LogP contribution in [0.15, 0.2) is 24.3 Å². The quantitative estimate of drug-likeness (QED) is 0.863. The summed E-state index contributed by atoms with van der Waals surface area (Å²) >= 11 is 0. The van der Waals surface area contributed by atoms with Crippen LogP contribution in [-0.2, 0) is 0 Å². The van der Waals surface area contributed by atoms with Gasteiger partial charge < -0.3 is 15.4 Å². The lowest BCUT2D eigenvalue weighted by Gasteiger charge is -2.27. The van der Waals surface area contributed by atoms with Crippen LogP contribution in [0.25, 0.3) is 0 Å². The van der Waals surface area contributed by atoms with Crippen LogP contribution in [0.2, 0.25) is 0 Å². The number of ether oxygens (including phenoxy) is 1. The molecule has 100 valence electrons. The van der Waals surface area contributed by atoms with Crippen molar-refractivity contribution in [2.24, 2.45) is 5.73 Å². The normalized spacial score (nSPS) is 10.0. The second-order valence-corrected chi connectivity index (χ2v) is 4.14. The Kier molecular flexibility index (Phi) is 5.45. The first-order valence-corrected chi connectivity index (χ1v) is 5.93. The Morgan fingerprint density at radius 1 is 1.33 bits per heavy atom. The number of carbonyl (C=O) groups excluding carboxylic acids is 1. The molecule has 0 bridgehead atoms. The van der Waals surface area contributed by atoms with Gasteiger partial charge in [0.1, 0.15) is 5.75 Å². The van der Waals surface area contributed by atoms with E-state index in [1.807, 2.05) is 24.3 Å². The summed E-state index contributed by atoms with van der Waals surface area (Å²) < 4.78 is 5.29. The van der Waals surface area contributed by atoms with Crippen molar-refractivity contribution in [1.82, 2.24) is 4.90 Å². The second kappa shape index (κ2) is 6.86. The minimum atomic E-state index is -0.0760. The summed E-state index contributed by atoms with van der Waals surface area (Å²) in [6, 6.07) is 7.40. The fraction of sp³-hybridized carbons (Fsp3) is 0.462. The molecule has 0 radical (unpaired) electrons. The molecule has 0 aliphatic rings. The Bertz CT molecular complexity index is 394. The zero-order chi connectivity index (χ0) is 13.5. The topological polar surface area (TPSA) is 58.8 Å². The number of urea groups is 1. The number of anilines is 1. The van der Waals surface area contributed by atoms with Gasteiger partial charge in [0, 0.05) is 20.6 Å². The molecule has 2 N–H and O–H groups in total. The molecule has 0 aromatic heterocycles. The third-order valence-corrected chi connectivity index (χ3v) is 2.58. The van der Waals surface area contributed by atoms with Crippen molar-refractivity contribution in [2.75, 3.05) is 39.2 Å². The highest BCUT2D eigenvalue weighted by Crippen LogP contribution is 2.28. The van der Waals surface area contributed by atoms with E-state index in [-0.39, 0.29) is 6.03 Å². The van der Waals surface area contributed by atoms with Gasteiger partial charge in [-0.3, -0.25) is 4.90 Å². The maximum atomic E-state index is 12.2. The largest absolute Gasteiger partial charge is 0.495 e. The Balaban J connectivity index is 3.04. The Morgan fingerprint density at radius 3 is 2.56 bits per heavy atom. The SMILES string of the molecule is COc1ccccc1N(CCCN)C(=O)N(C)C. The van der Waals surface area contributed by atoms with Crippen molar-refractivity contribution < 1.29 is 9.53 Å². The first-order valence-electron chi connectivity index (χ1n) is 5.93. The molecule has 1 aromatic carbocycles. The fourth-order valence-corrected chi connectivity index (χ4v) is 1.66. The van der Waals surface area contributed by atoms with Crippen LogP contribution in [0.3, 0.4) is 0 Å². The molecule has 1 aromatic rings. The smallest absolute Gasteiger partial charge is 0.324 e. The Hall–Kier alpha value is -1.75. The van der Waals surface area contributed by atoms with E-state index in [1.165, 1.54) is 0 Å². The van der Waals surface area contributed by atoms with Gasteiger partial charge in [-0.05, 0) is 25.1 Å². The van der Waals surface area contributed by atoms with E-state index in [0.29, 0.717) is 18.8 Å². The van der Waals surface area contributed by atoms with E-state index in [9.17, 15) is 4.79 Å². The zero-order valence-corrected chi connectivity index (χ0v) is 11.2. The molecule has 5 heteroatoms. The third-order valence-electron chi connectivity index (χ3n) is 2.58. The van der Waals surface area contributed by atoms with Crippen molar-refractivity contribution in [1.29, 1.82) is 0 Å². The predicted octanol–water partition coefficient (Wildman–Crippen LogP) is 1.53. The maximum Gasteiger partial charge on any atom is 0.324 e. The molecule has 0 heterocycles. The molecule has 18 heavy (non-hydrogen) atoms. The molecule has 0 aliphatic carbocycles. The Labute approximate surface area is 108 Å². The van der Waals surface area contributed by atoms with Gasteiger partial charge in [0.2, 0.25) is 0 Å². The lowest BCUT2D eigenvalue weighted by Crippen LogP contribution is -2.40. The maximum absolute atomic E-state index is 12.2. The van der Waals surface area contributed by atoms with E-state index in [2.05, 4.69) is 0 Å². The molecular weight excluding hydrogens is 230 g/mol. The molecular formula is C13H21N3O2. The molecule has 5 nitrogen and oxygen atoms in total. The van der Waals surface area contributed by atoms with Crippen LogP contribution < -0.4 is 15.4 Å². The van der Waals surface area contributed by atoms with Gasteiger partial charge in [-0.1, -0.05) is 12.1 Å². The number of hydrogen-bond donors (Lipinski definition) is 1. The standard InChI is InChI=1S/C13H21N3O2/c1-15(2)13(17)16(10-6-9-14)11-7-4-5-8-12(11)18-3/h4-5,7-8H,6,9-10,14H2,1-3H3. The summed E-state index contributed by atoms with van der Waals surface area (Å²) in [7, 11) is 5.06. The van der Waals surface area contributed by atoms with E-state index >= 15 is 0 Å². The number of carbonyl (C=O) groups is 1. The van der Waals surface area contributed by atoms with Crippen LogP contribution in [-0.4, -0.2) is 45.2 Å². The highest BCUT2D eigenvalue weighted by Gasteiger charge is 2.19. The number of nitrogens with zero attached hydrogens (tertiary/aromatic N) is 2. The number of para-hydroxylation sites is 2. The molecule has 1 rings (SSSR count). The summed E-state index contributed by atoms with van der Waals surface area (Å²) in [6.45, 7) is 1.13. The van der Waals surface area contributed by atoms with Crippen molar-refractivity contribution in [2.45, 2.75) is 6.42 Å². The first-order chi connectivity index (χ1) is 8.61. The average molecular weight is 251 g/mol. The molecule has 0 aliphatic heterocycles. The van der Waals surface area contributed by atoms with Crippen LogP contribution >= 0.6 is 0 Å². The van der Waals surface area contributed by atoms with Crippen molar-refractivity contribution in [3.8, 4) is 5.75 Å². The summed E-state index contributed by atoms with van der Waals surface area (Å²) in [5.74, 6) is 0.685. The molecule has 0 unspecified atom stereocenters. The summed E-state index contributed by atoms with van der Waals surface area (Å²) in [6.07, 6.45) is 0.748. The van der Waals surface area contributed by atoms with Gasteiger partial charge in [-0.25, -0.2) is 4.79 Å². The van der Waals surface area contributed by atoms with Crippen molar-refractivity contribution in [3.05, 3.63) is 24.3 Å².